The van der Waals surface area contributed by atoms with Crippen molar-refractivity contribution in [3.8, 4) is 16.2 Å². The number of rotatable bonds is 3. The topological polar surface area (TPSA) is 63.6 Å². The molecule has 1 N–H and O–H groups in total. The summed E-state index contributed by atoms with van der Waals surface area (Å²) >= 11 is 1.66. The third-order valence-electron chi connectivity index (χ3n) is 6.93. The number of carbonyl (C=O) groups is 1. The zero-order chi connectivity index (χ0) is 23.2. The van der Waals surface area contributed by atoms with Crippen LogP contribution in [0.4, 0.5) is 10.5 Å². The molecule has 2 bridgehead atoms. The van der Waals surface area contributed by atoms with Crippen LogP contribution >= 0.6 is 11.3 Å². The Kier molecular flexibility index (Phi) is 5.14. The molecular weight excluding hydrogens is 446 g/mol. The average molecular weight is 472 g/mol. The molecule has 2 aromatic heterocycles. The van der Waals surface area contributed by atoms with Crippen molar-refractivity contribution in [3.63, 3.8) is 0 Å². The van der Waals surface area contributed by atoms with Crippen molar-refractivity contribution in [2.75, 3.05) is 25.5 Å². The summed E-state index contributed by atoms with van der Waals surface area (Å²) in [4.78, 5) is 29.5. The van der Waals surface area contributed by atoms with E-state index >= 15 is 0 Å². The first-order valence-corrected chi connectivity index (χ1v) is 12.3. The quantitative estimate of drug-likeness (QED) is 0.436. The summed E-state index contributed by atoms with van der Waals surface area (Å²) in [7, 11) is 1.60. The van der Waals surface area contributed by atoms with Gasteiger partial charge in [0.2, 0.25) is 0 Å². The molecule has 2 aliphatic heterocycles. The monoisotopic (exact) mass is 471 g/mol. The molecule has 172 valence electrons. The van der Waals surface area contributed by atoms with Crippen molar-refractivity contribution >= 4 is 33.1 Å². The second kappa shape index (κ2) is 8.33. The zero-order valence-corrected chi connectivity index (χ0v) is 19.7. The smallest absolute Gasteiger partial charge is 0.321 e. The van der Waals surface area contributed by atoms with Gasteiger partial charge in [0, 0.05) is 40.8 Å². The Morgan fingerprint density at radius 3 is 2.71 bits per heavy atom. The van der Waals surface area contributed by atoms with Gasteiger partial charge in [0.05, 0.1) is 18.4 Å². The predicted molar refractivity (Wildman–Crippen MR) is 136 cm³/mol. The number of anilines is 1. The molecule has 0 saturated carbocycles. The number of hydrogen-bond acceptors (Lipinski definition) is 4. The molecule has 34 heavy (non-hydrogen) atoms. The lowest BCUT2D eigenvalue weighted by Gasteiger charge is -2.42. The van der Waals surface area contributed by atoms with Gasteiger partial charge in [-0.15, -0.1) is 11.3 Å². The third-order valence-corrected chi connectivity index (χ3v) is 8.08. The van der Waals surface area contributed by atoms with E-state index in [1.807, 2.05) is 51.9 Å². The molecular formula is C27H25N3O3S. The summed E-state index contributed by atoms with van der Waals surface area (Å²) in [5, 5.41) is 4.16. The number of likely N-dealkylation sites (tertiary alicyclic amines) is 1. The normalized spacial score (nSPS) is 19.0. The van der Waals surface area contributed by atoms with Crippen LogP contribution in [0.3, 0.4) is 0 Å². The largest absolute Gasteiger partial charge is 0.495 e. The fraction of sp³-hybridized carbons (Fsp3) is 0.259. The molecule has 2 aliphatic rings. The molecule has 1 fully saturated rings. The van der Waals surface area contributed by atoms with Crippen molar-refractivity contribution in [3.05, 3.63) is 82.8 Å². The molecule has 2 aromatic carbocycles. The van der Waals surface area contributed by atoms with Gasteiger partial charge in [-0.2, -0.15) is 0 Å². The fourth-order valence-corrected chi connectivity index (χ4v) is 6.44. The van der Waals surface area contributed by atoms with Crippen molar-refractivity contribution in [1.82, 2.24) is 9.47 Å². The highest BCUT2D eigenvalue weighted by molar-refractivity contribution is 7.22. The van der Waals surface area contributed by atoms with Gasteiger partial charge in [0.15, 0.2) is 0 Å². The molecule has 1 saturated heterocycles. The average Bonchev–Trinajstić information content (AvgIpc) is 3.29. The highest BCUT2D eigenvalue weighted by Crippen LogP contribution is 2.37. The van der Waals surface area contributed by atoms with Crippen LogP contribution in [0.2, 0.25) is 0 Å². The van der Waals surface area contributed by atoms with Gasteiger partial charge in [0.25, 0.3) is 5.56 Å². The maximum atomic E-state index is 13.5. The number of pyridine rings is 1. The number of amides is 2. The molecule has 6 nitrogen and oxygen atoms in total. The zero-order valence-electron chi connectivity index (χ0n) is 18.9. The second-order valence-corrected chi connectivity index (χ2v) is 10.2. The Bertz CT molecular complexity index is 1420. The van der Waals surface area contributed by atoms with E-state index in [1.54, 1.807) is 18.4 Å². The third kappa shape index (κ3) is 3.56. The van der Waals surface area contributed by atoms with Crippen LogP contribution in [0, 0.1) is 5.92 Å². The minimum Gasteiger partial charge on any atom is -0.495 e. The number of para-hydroxylation sites is 2. The number of thiophene rings is 1. The van der Waals surface area contributed by atoms with Gasteiger partial charge in [-0.1, -0.05) is 30.3 Å². The molecule has 4 aromatic rings. The molecule has 0 radical (unpaired) electrons. The van der Waals surface area contributed by atoms with Crippen molar-refractivity contribution in [2.24, 2.45) is 5.92 Å². The first kappa shape index (κ1) is 21.0. The van der Waals surface area contributed by atoms with Gasteiger partial charge in [-0.25, -0.2) is 4.79 Å². The molecule has 4 heterocycles. The lowest BCUT2D eigenvalue weighted by molar-refractivity contribution is 0.139. The van der Waals surface area contributed by atoms with Crippen LogP contribution in [0.5, 0.6) is 5.75 Å². The SMILES string of the molecule is COc1ccccc1NC(=O)N1C[C@@H]2C[C@H](C1)c1ccc(-c3cc4ccccc4s3)c(=O)n1C2. The van der Waals surface area contributed by atoms with Crippen LogP contribution in [0.1, 0.15) is 18.0 Å². The van der Waals surface area contributed by atoms with E-state index in [0.29, 0.717) is 31.1 Å². The first-order valence-electron chi connectivity index (χ1n) is 11.5. The van der Waals surface area contributed by atoms with E-state index < -0.39 is 0 Å². The predicted octanol–water partition coefficient (Wildman–Crippen LogP) is 5.39. The number of fused-ring (bicyclic) bond motifs is 5. The molecule has 2 amide bonds. The number of hydrogen-bond donors (Lipinski definition) is 1. The Morgan fingerprint density at radius 2 is 1.85 bits per heavy atom. The molecule has 7 heteroatoms. The summed E-state index contributed by atoms with van der Waals surface area (Å²) in [6, 6.07) is 21.7. The number of aromatic nitrogens is 1. The lowest BCUT2D eigenvalue weighted by Crippen LogP contribution is -2.50. The van der Waals surface area contributed by atoms with E-state index in [4.69, 9.17) is 4.74 Å². The van der Waals surface area contributed by atoms with Crippen molar-refractivity contribution in [2.45, 2.75) is 18.9 Å². The summed E-state index contributed by atoms with van der Waals surface area (Å²) in [6.07, 6.45) is 1.00. The van der Waals surface area contributed by atoms with Gasteiger partial charge >= 0.3 is 6.03 Å². The van der Waals surface area contributed by atoms with Crippen molar-refractivity contribution in [1.29, 1.82) is 0 Å². The number of carbonyl (C=O) groups excluding carboxylic acids is 1. The minimum atomic E-state index is -0.128. The summed E-state index contributed by atoms with van der Waals surface area (Å²) in [5.74, 6) is 1.05. The standard InChI is InChI=1S/C27H25N3O3S/c1-33-23-8-4-3-7-21(23)28-27(32)29-14-17-12-19(16-29)22-11-10-20(26(31)30(22)15-17)25-13-18-6-2-5-9-24(18)34-25/h2-11,13,17,19H,12,14-16H2,1H3,(H,28,32)/t17-,19+/m0/s1. The van der Waals surface area contributed by atoms with Gasteiger partial charge in [-0.3, -0.25) is 4.79 Å². The van der Waals surface area contributed by atoms with Crippen molar-refractivity contribution < 1.29 is 9.53 Å². The molecule has 0 unspecified atom stereocenters. The number of urea groups is 1. The van der Waals surface area contributed by atoms with E-state index in [-0.39, 0.29) is 23.4 Å². The lowest BCUT2D eigenvalue weighted by atomic mass is 9.83. The summed E-state index contributed by atoms with van der Waals surface area (Å²) < 4.78 is 8.50. The number of nitrogens with one attached hydrogen (secondary N) is 1. The first-order chi connectivity index (χ1) is 16.6. The van der Waals surface area contributed by atoms with E-state index in [1.165, 1.54) is 4.70 Å². The Labute approximate surface area is 201 Å². The molecule has 0 spiro atoms. The molecule has 6 rings (SSSR count). The number of methoxy groups -OCH3 is 1. The number of benzene rings is 2. The number of piperidine rings is 1. The fourth-order valence-electron chi connectivity index (χ4n) is 5.36. The van der Waals surface area contributed by atoms with Gasteiger partial charge in [0.1, 0.15) is 5.75 Å². The van der Waals surface area contributed by atoms with Crippen LogP contribution in [-0.4, -0.2) is 35.7 Å². The van der Waals surface area contributed by atoms with Crippen LogP contribution in [0.25, 0.3) is 20.5 Å². The van der Waals surface area contributed by atoms with Gasteiger partial charge < -0.3 is 19.5 Å². The van der Waals surface area contributed by atoms with Crippen LogP contribution in [0.15, 0.2) is 71.5 Å². The molecule has 0 aliphatic carbocycles. The Balaban J connectivity index is 1.27. The highest BCUT2D eigenvalue weighted by Gasteiger charge is 2.37. The van der Waals surface area contributed by atoms with Crippen LogP contribution in [-0.2, 0) is 6.54 Å². The van der Waals surface area contributed by atoms with E-state index in [0.717, 1.165) is 27.9 Å². The second-order valence-electron chi connectivity index (χ2n) is 9.07. The summed E-state index contributed by atoms with van der Waals surface area (Å²) in [5.41, 5.74) is 2.53. The van der Waals surface area contributed by atoms with Crippen LogP contribution < -0.4 is 15.6 Å². The van der Waals surface area contributed by atoms with Gasteiger partial charge in [-0.05, 0) is 54.1 Å². The maximum Gasteiger partial charge on any atom is 0.321 e. The summed E-state index contributed by atoms with van der Waals surface area (Å²) in [6.45, 7) is 1.87. The molecule has 2 atom stereocenters. The Hall–Kier alpha value is -3.58. The van der Waals surface area contributed by atoms with E-state index in [9.17, 15) is 9.59 Å². The minimum absolute atomic E-state index is 0.0747. The number of ether oxygens (including phenoxy) is 1. The Morgan fingerprint density at radius 1 is 1.03 bits per heavy atom. The maximum absolute atomic E-state index is 13.5. The van der Waals surface area contributed by atoms with E-state index in [2.05, 4.69) is 29.6 Å². The highest BCUT2D eigenvalue weighted by atomic mass is 32.1. The number of nitrogens with zero attached hydrogens (tertiary/aromatic N) is 2.